The third-order valence-electron chi connectivity index (χ3n) is 1.16. The molecule has 3 N–H and O–H groups in total. The van der Waals surface area contributed by atoms with Gasteiger partial charge >= 0.3 is 6.18 Å². The molecule has 0 aromatic heterocycles. The molecular formula is C6H11F3N2O. The third-order valence-corrected chi connectivity index (χ3v) is 1.16. The molecule has 1 atom stereocenters. The third kappa shape index (κ3) is 5.96. The molecule has 0 aliphatic rings. The van der Waals surface area contributed by atoms with E-state index in [1.807, 2.05) is 0 Å². The van der Waals surface area contributed by atoms with Crippen LogP contribution in [0.2, 0.25) is 0 Å². The van der Waals surface area contributed by atoms with Crippen LogP contribution < -0.4 is 5.73 Å². The standard InChI is InChI=1S/C6H11F3N2O/c1-4(5(10)11)2-12-3-6(7,8)9/h4H,2-3H2,1H3,(H3,10,11). The average Bonchev–Trinajstić information content (AvgIpc) is 1.84. The fourth-order valence-electron chi connectivity index (χ4n) is 0.441. The van der Waals surface area contributed by atoms with E-state index in [1.54, 1.807) is 0 Å². The zero-order valence-electron chi connectivity index (χ0n) is 6.61. The Labute approximate surface area is 68.2 Å². The summed E-state index contributed by atoms with van der Waals surface area (Å²) >= 11 is 0. The van der Waals surface area contributed by atoms with Gasteiger partial charge in [-0.15, -0.1) is 0 Å². The molecular weight excluding hydrogens is 173 g/mol. The molecule has 0 saturated carbocycles. The predicted molar refractivity (Wildman–Crippen MR) is 38.0 cm³/mol. The molecule has 0 rings (SSSR count). The summed E-state index contributed by atoms with van der Waals surface area (Å²) in [5.41, 5.74) is 5.01. The summed E-state index contributed by atoms with van der Waals surface area (Å²) in [5, 5.41) is 6.85. The van der Waals surface area contributed by atoms with Gasteiger partial charge in [0.1, 0.15) is 6.61 Å². The van der Waals surface area contributed by atoms with Crippen molar-refractivity contribution in [1.29, 1.82) is 5.41 Å². The minimum Gasteiger partial charge on any atom is -0.387 e. The number of nitrogens with two attached hydrogens (primary N) is 1. The molecule has 0 spiro atoms. The van der Waals surface area contributed by atoms with Gasteiger partial charge in [0.05, 0.1) is 12.4 Å². The largest absolute Gasteiger partial charge is 0.411 e. The molecule has 0 bridgehead atoms. The number of hydrogen-bond acceptors (Lipinski definition) is 2. The molecule has 6 heteroatoms. The van der Waals surface area contributed by atoms with Crippen molar-refractivity contribution in [3.05, 3.63) is 0 Å². The molecule has 0 aromatic rings. The van der Waals surface area contributed by atoms with E-state index >= 15 is 0 Å². The van der Waals surface area contributed by atoms with Crippen molar-refractivity contribution in [2.45, 2.75) is 13.1 Å². The van der Waals surface area contributed by atoms with E-state index in [2.05, 4.69) is 4.74 Å². The van der Waals surface area contributed by atoms with Crippen LogP contribution in [-0.2, 0) is 4.74 Å². The van der Waals surface area contributed by atoms with Crippen LogP contribution in [0, 0.1) is 11.3 Å². The Kier molecular flexibility index (Phi) is 4.02. The van der Waals surface area contributed by atoms with E-state index in [-0.39, 0.29) is 12.4 Å². The van der Waals surface area contributed by atoms with Gasteiger partial charge in [-0.3, -0.25) is 5.41 Å². The molecule has 0 heterocycles. The summed E-state index contributed by atoms with van der Waals surface area (Å²) in [7, 11) is 0. The molecule has 12 heavy (non-hydrogen) atoms. The fraction of sp³-hybridized carbons (Fsp3) is 0.833. The average molecular weight is 184 g/mol. The number of alkyl halides is 3. The lowest BCUT2D eigenvalue weighted by Gasteiger charge is -2.11. The first-order valence-electron chi connectivity index (χ1n) is 3.31. The number of halogens is 3. The Balaban J connectivity index is 3.51. The van der Waals surface area contributed by atoms with Gasteiger partial charge in [0, 0.05) is 5.92 Å². The van der Waals surface area contributed by atoms with Crippen molar-refractivity contribution in [1.82, 2.24) is 0 Å². The lowest BCUT2D eigenvalue weighted by atomic mass is 10.2. The molecule has 0 fully saturated rings. The Bertz CT molecular complexity index is 157. The van der Waals surface area contributed by atoms with Crippen LogP contribution in [-0.4, -0.2) is 25.2 Å². The summed E-state index contributed by atoms with van der Waals surface area (Å²) in [6.45, 7) is 0.0676. The van der Waals surface area contributed by atoms with Crippen molar-refractivity contribution in [2.24, 2.45) is 11.7 Å². The van der Waals surface area contributed by atoms with Crippen molar-refractivity contribution in [3.63, 3.8) is 0 Å². The Hall–Kier alpha value is -0.780. The lowest BCUT2D eigenvalue weighted by Crippen LogP contribution is -2.26. The van der Waals surface area contributed by atoms with Gasteiger partial charge in [-0.25, -0.2) is 0 Å². The highest BCUT2D eigenvalue weighted by atomic mass is 19.4. The highest BCUT2D eigenvalue weighted by molar-refractivity contribution is 5.79. The van der Waals surface area contributed by atoms with Gasteiger partial charge in [0.15, 0.2) is 0 Å². The highest BCUT2D eigenvalue weighted by Gasteiger charge is 2.27. The minimum atomic E-state index is -4.31. The van der Waals surface area contributed by atoms with Gasteiger partial charge < -0.3 is 10.5 Å². The molecule has 0 aliphatic heterocycles. The molecule has 1 unspecified atom stereocenters. The van der Waals surface area contributed by atoms with Crippen LogP contribution in [0.5, 0.6) is 0 Å². The maximum absolute atomic E-state index is 11.5. The van der Waals surface area contributed by atoms with Crippen LogP contribution in [0.1, 0.15) is 6.92 Å². The molecule has 0 aliphatic carbocycles. The van der Waals surface area contributed by atoms with Gasteiger partial charge in [-0.05, 0) is 0 Å². The number of hydrogen-bond donors (Lipinski definition) is 2. The number of amidine groups is 1. The molecule has 0 aromatic carbocycles. The van der Waals surface area contributed by atoms with Gasteiger partial charge in [0.2, 0.25) is 0 Å². The van der Waals surface area contributed by atoms with Crippen LogP contribution in [0.4, 0.5) is 13.2 Å². The number of nitrogens with one attached hydrogen (secondary N) is 1. The topological polar surface area (TPSA) is 59.1 Å². The van der Waals surface area contributed by atoms with E-state index < -0.39 is 18.7 Å². The molecule has 0 radical (unpaired) electrons. The summed E-state index contributed by atoms with van der Waals surface area (Å²) in [6.07, 6.45) is -4.31. The first kappa shape index (κ1) is 11.2. The smallest absolute Gasteiger partial charge is 0.387 e. The maximum atomic E-state index is 11.5. The lowest BCUT2D eigenvalue weighted by molar-refractivity contribution is -0.175. The predicted octanol–water partition coefficient (Wildman–Crippen LogP) is 1.14. The Morgan fingerprint density at radius 1 is 1.58 bits per heavy atom. The molecule has 0 amide bonds. The minimum absolute atomic E-state index is 0.169. The molecule has 0 saturated heterocycles. The van der Waals surface area contributed by atoms with Gasteiger partial charge in [-0.2, -0.15) is 13.2 Å². The second-order valence-corrected chi connectivity index (χ2v) is 2.49. The van der Waals surface area contributed by atoms with Crippen molar-refractivity contribution in [2.75, 3.05) is 13.2 Å². The van der Waals surface area contributed by atoms with Crippen LogP contribution >= 0.6 is 0 Å². The van der Waals surface area contributed by atoms with E-state index in [4.69, 9.17) is 11.1 Å². The zero-order chi connectivity index (χ0) is 9.78. The summed E-state index contributed by atoms with van der Waals surface area (Å²) in [6, 6.07) is 0. The van der Waals surface area contributed by atoms with Crippen molar-refractivity contribution in [3.8, 4) is 0 Å². The van der Waals surface area contributed by atoms with E-state index in [0.717, 1.165) is 0 Å². The van der Waals surface area contributed by atoms with Crippen LogP contribution in [0.15, 0.2) is 0 Å². The second-order valence-electron chi connectivity index (χ2n) is 2.49. The highest BCUT2D eigenvalue weighted by Crippen LogP contribution is 2.14. The van der Waals surface area contributed by atoms with E-state index in [9.17, 15) is 13.2 Å². The fourth-order valence-corrected chi connectivity index (χ4v) is 0.441. The number of rotatable bonds is 4. The Morgan fingerprint density at radius 3 is 2.42 bits per heavy atom. The quantitative estimate of drug-likeness (QED) is 0.508. The Morgan fingerprint density at radius 2 is 2.08 bits per heavy atom. The summed E-state index contributed by atoms with van der Waals surface area (Å²) in [4.78, 5) is 0. The zero-order valence-corrected chi connectivity index (χ0v) is 6.61. The van der Waals surface area contributed by atoms with Crippen molar-refractivity contribution < 1.29 is 17.9 Å². The maximum Gasteiger partial charge on any atom is 0.411 e. The van der Waals surface area contributed by atoms with E-state index in [1.165, 1.54) is 6.92 Å². The normalized spacial score (nSPS) is 14.3. The monoisotopic (exact) mass is 184 g/mol. The van der Waals surface area contributed by atoms with E-state index in [0.29, 0.717) is 0 Å². The van der Waals surface area contributed by atoms with Gasteiger partial charge in [0.25, 0.3) is 0 Å². The SMILES string of the molecule is CC(COCC(F)(F)F)C(=N)N. The second kappa shape index (κ2) is 4.30. The first-order chi connectivity index (χ1) is 5.33. The van der Waals surface area contributed by atoms with Crippen LogP contribution in [0.3, 0.4) is 0 Å². The summed E-state index contributed by atoms with van der Waals surface area (Å²) < 4.78 is 38.8. The number of ether oxygens (including phenoxy) is 1. The molecule has 3 nitrogen and oxygen atoms in total. The van der Waals surface area contributed by atoms with Crippen LogP contribution in [0.25, 0.3) is 0 Å². The summed E-state index contributed by atoms with van der Waals surface area (Å²) in [5.74, 6) is -0.635. The molecule has 72 valence electrons. The van der Waals surface area contributed by atoms with Crippen molar-refractivity contribution >= 4 is 5.84 Å². The first-order valence-corrected chi connectivity index (χ1v) is 3.31. The van der Waals surface area contributed by atoms with Gasteiger partial charge in [-0.1, -0.05) is 6.92 Å².